The lowest BCUT2D eigenvalue weighted by molar-refractivity contribution is 1.40. The largest absolute Gasteiger partial charge is 0.282 e. The van der Waals surface area contributed by atoms with E-state index < -0.39 is 0 Å². The van der Waals surface area contributed by atoms with E-state index in [1.165, 1.54) is 0 Å². The highest BCUT2D eigenvalue weighted by Crippen LogP contribution is 2.20. The minimum atomic E-state index is 0.170. The predicted molar refractivity (Wildman–Crippen MR) is 101 cm³/mol. The van der Waals surface area contributed by atoms with Crippen molar-refractivity contribution in [3.63, 3.8) is 0 Å². The van der Waals surface area contributed by atoms with Crippen LogP contribution in [0.5, 0.6) is 0 Å². The molecule has 0 aliphatic carbocycles. The molecular formula is C21H17N3. The summed E-state index contributed by atoms with van der Waals surface area (Å²) < 4.78 is 0. The second-order valence-electron chi connectivity index (χ2n) is 5.25. The van der Waals surface area contributed by atoms with Gasteiger partial charge in [-0.2, -0.15) is 0 Å². The highest BCUT2D eigenvalue weighted by atomic mass is 14.9. The lowest BCUT2D eigenvalue weighted by Crippen LogP contribution is -2.03. The second kappa shape index (κ2) is 7.29. The van der Waals surface area contributed by atoms with Gasteiger partial charge < -0.3 is 0 Å². The first kappa shape index (κ1) is 15.6. The topological polar surface area (TPSA) is 48.6 Å². The van der Waals surface area contributed by atoms with Crippen LogP contribution in [0.3, 0.4) is 0 Å². The first-order valence-electron chi connectivity index (χ1n) is 7.63. The maximum Gasteiger partial charge on any atom is 0.161 e. The summed E-state index contributed by atoms with van der Waals surface area (Å²) in [6.07, 6.45) is 0. The molecule has 0 saturated carbocycles. The van der Waals surface area contributed by atoms with Crippen LogP contribution < -0.4 is 0 Å². The maximum absolute atomic E-state index is 8.16. The van der Waals surface area contributed by atoms with E-state index in [2.05, 4.69) is 28.8 Å². The van der Waals surface area contributed by atoms with Gasteiger partial charge in [-0.25, -0.2) is 9.98 Å². The number of amidine groups is 2. The van der Waals surface area contributed by atoms with E-state index in [9.17, 15) is 0 Å². The fourth-order valence-electron chi connectivity index (χ4n) is 2.43. The molecule has 3 nitrogen and oxygen atoms in total. The van der Waals surface area contributed by atoms with Crippen LogP contribution in [0.2, 0.25) is 0 Å². The summed E-state index contributed by atoms with van der Waals surface area (Å²) in [4.78, 5) is 8.36. The van der Waals surface area contributed by atoms with Gasteiger partial charge in [-0.1, -0.05) is 78.9 Å². The Morgan fingerprint density at radius 3 is 1.96 bits per heavy atom. The summed E-state index contributed by atoms with van der Waals surface area (Å²) in [6, 6.07) is 27.5. The van der Waals surface area contributed by atoms with E-state index >= 15 is 0 Å². The maximum atomic E-state index is 8.16. The van der Waals surface area contributed by atoms with Crippen molar-refractivity contribution in [3.8, 4) is 11.1 Å². The monoisotopic (exact) mass is 311 g/mol. The van der Waals surface area contributed by atoms with Crippen LogP contribution in [0, 0.1) is 5.41 Å². The van der Waals surface area contributed by atoms with E-state index in [1.807, 2.05) is 72.8 Å². The Labute approximate surface area is 141 Å². The van der Waals surface area contributed by atoms with Gasteiger partial charge in [0, 0.05) is 11.1 Å². The normalized spacial score (nSPS) is 11.1. The number of rotatable bonds is 3. The average Bonchev–Trinajstić information content (AvgIpc) is 2.67. The molecule has 3 rings (SSSR count). The van der Waals surface area contributed by atoms with Crippen molar-refractivity contribution in [1.29, 1.82) is 5.41 Å². The Balaban J connectivity index is 1.96. The number of aliphatic imine (C=N–C) groups is 2. The zero-order valence-corrected chi connectivity index (χ0v) is 13.2. The van der Waals surface area contributed by atoms with Gasteiger partial charge in [0.2, 0.25) is 0 Å². The molecule has 24 heavy (non-hydrogen) atoms. The molecule has 0 radical (unpaired) electrons. The molecule has 3 aromatic rings. The molecule has 1 N–H and O–H groups in total. The second-order valence-corrected chi connectivity index (χ2v) is 5.25. The van der Waals surface area contributed by atoms with Gasteiger partial charge in [-0.05, 0) is 23.9 Å². The van der Waals surface area contributed by atoms with Gasteiger partial charge in [0.25, 0.3) is 0 Å². The Bertz CT molecular complexity index is 881. The van der Waals surface area contributed by atoms with E-state index in [-0.39, 0.29) is 5.84 Å². The quantitative estimate of drug-likeness (QED) is 0.532. The molecule has 0 atom stereocenters. The van der Waals surface area contributed by atoms with Gasteiger partial charge in [0.1, 0.15) is 0 Å². The van der Waals surface area contributed by atoms with Gasteiger partial charge in [-0.15, -0.1) is 0 Å². The molecule has 0 saturated heterocycles. The molecule has 0 aromatic heterocycles. The van der Waals surface area contributed by atoms with Crippen molar-refractivity contribution in [1.82, 2.24) is 0 Å². The first-order chi connectivity index (χ1) is 11.8. The summed E-state index contributed by atoms with van der Waals surface area (Å²) in [5.41, 5.74) is 3.79. The third-order valence-electron chi connectivity index (χ3n) is 3.64. The highest BCUT2D eigenvalue weighted by Gasteiger charge is 2.06. The molecular weight excluding hydrogens is 294 g/mol. The third-order valence-corrected chi connectivity index (χ3v) is 3.64. The molecule has 116 valence electrons. The van der Waals surface area contributed by atoms with Crippen LogP contribution in [0.4, 0.5) is 0 Å². The van der Waals surface area contributed by atoms with Crippen LogP contribution >= 0.6 is 0 Å². The molecule has 0 heterocycles. The van der Waals surface area contributed by atoms with E-state index in [0.717, 1.165) is 22.3 Å². The molecule has 0 spiro atoms. The zero-order valence-electron chi connectivity index (χ0n) is 13.2. The summed E-state index contributed by atoms with van der Waals surface area (Å²) in [7, 11) is 0. The van der Waals surface area contributed by atoms with Crippen molar-refractivity contribution >= 4 is 18.4 Å². The zero-order chi connectivity index (χ0) is 16.8. The highest BCUT2D eigenvalue weighted by molar-refractivity contribution is 6.11. The Morgan fingerprint density at radius 2 is 1.29 bits per heavy atom. The molecule has 0 amide bonds. The van der Waals surface area contributed by atoms with Crippen molar-refractivity contribution in [3.05, 3.63) is 96.1 Å². The smallest absolute Gasteiger partial charge is 0.161 e. The van der Waals surface area contributed by atoms with Crippen molar-refractivity contribution < 1.29 is 0 Å². The van der Waals surface area contributed by atoms with Gasteiger partial charge in [0.05, 0.1) is 0 Å². The number of hydrogen-bond donors (Lipinski definition) is 1. The summed E-state index contributed by atoms with van der Waals surface area (Å²) in [5.74, 6) is 0.616. The summed E-state index contributed by atoms with van der Waals surface area (Å²) in [5, 5.41) is 8.16. The summed E-state index contributed by atoms with van der Waals surface area (Å²) >= 11 is 0. The standard InChI is InChI=1S/C21H17N3/c1-23-21(24-20(22)17-11-6-3-7-12-17)19-14-8-13-18(15-19)16-9-4-2-5-10-16/h2-15,22H,1H2. The number of hydrogen-bond acceptors (Lipinski definition) is 1. The fourth-order valence-corrected chi connectivity index (χ4v) is 2.43. The third kappa shape index (κ3) is 3.52. The summed E-state index contributed by atoms with van der Waals surface area (Å²) in [6.45, 7) is 3.61. The van der Waals surface area contributed by atoms with E-state index in [4.69, 9.17) is 5.41 Å². The minimum absolute atomic E-state index is 0.170. The van der Waals surface area contributed by atoms with Gasteiger partial charge in [0.15, 0.2) is 11.7 Å². The predicted octanol–water partition coefficient (Wildman–Crippen LogP) is 4.83. The van der Waals surface area contributed by atoms with Crippen LogP contribution in [0.15, 0.2) is 94.9 Å². The number of nitrogens with one attached hydrogen (secondary N) is 1. The molecule has 0 aliphatic rings. The average molecular weight is 311 g/mol. The van der Waals surface area contributed by atoms with Crippen LogP contribution in [-0.2, 0) is 0 Å². The lowest BCUT2D eigenvalue weighted by Gasteiger charge is -2.06. The molecule has 0 fully saturated rings. The molecule has 0 bridgehead atoms. The lowest BCUT2D eigenvalue weighted by atomic mass is 10.0. The van der Waals surface area contributed by atoms with Crippen molar-refractivity contribution in [2.75, 3.05) is 0 Å². The first-order valence-corrected chi connectivity index (χ1v) is 7.63. The van der Waals surface area contributed by atoms with Gasteiger partial charge in [-0.3, -0.25) is 5.41 Å². The fraction of sp³-hybridized carbons (Fsp3) is 0. The van der Waals surface area contributed by atoms with Crippen molar-refractivity contribution in [2.45, 2.75) is 0 Å². The van der Waals surface area contributed by atoms with Crippen LogP contribution in [0.25, 0.3) is 11.1 Å². The molecule has 0 unspecified atom stereocenters. The number of benzene rings is 3. The Kier molecular flexibility index (Phi) is 4.73. The SMILES string of the molecule is C=NC(=NC(=N)c1ccccc1)c1cccc(-c2ccccc2)c1. The number of nitrogens with zero attached hydrogens (tertiary/aromatic N) is 2. The Morgan fingerprint density at radius 1 is 0.708 bits per heavy atom. The van der Waals surface area contributed by atoms with Gasteiger partial charge >= 0.3 is 0 Å². The Hall–Kier alpha value is -3.33. The molecule has 3 aromatic carbocycles. The minimum Gasteiger partial charge on any atom is -0.282 e. The van der Waals surface area contributed by atoms with E-state index in [0.29, 0.717) is 5.84 Å². The van der Waals surface area contributed by atoms with E-state index in [1.54, 1.807) is 0 Å². The molecule has 3 heteroatoms. The van der Waals surface area contributed by atoms with Crippen LogP contribution in [0.1, 0.15) is 11.1 Å². The van der Waals surface area contributed by atoms with Crippen molar-refractivity contribution in [2.24, 2.45) is 9.98 Å². The van der Waals surface area contributed by atoms with Crippen LogP contribution in [-0.4, -0.2) is 18.4 Å². The molecule has 0 aliphatic heterocycles.